The summed E-state index contributed by atoms with van der Waals surface area (Å²) in [5, 5.41) is 9.80. The zero-order chi connectivity index (χ0) is 21.8. The van der Waals surface area contributed by atoms with Gasteiger partial charge in [-0.1, -0.05) is 82.9 Å². The molecule has 0 radical (unpaired) electrons. The SMILES string of the molecule is CCCCCCCCCCCCc1cccc(Oc2cccc(O)c2S(=O)(=O)O)c1. The first-order valence-electron chi connectivity index (χ1n) is 11.0. The molecule has 0 unspecified atom stereocenters. The van der Waals surface area contributed by atoms with Crippen molar-refractivity contribution >= 4 is 10.1 Å². The maximum atomic E-state index is 11.6. The molecule has 6 heteroatoms. The van der Waals surface area contributed by atoms with Crippen molar-refractivity contribution in [1.82, 2.24) is 0 Å². The number of hydrogen-bond donors (Lipinski definition) is 2. The van der Waals surface area contributed by atoms with Gasteiger partial charge in [-0.05, 0) is 42.7 Å². The van der Waals surface area contributed by atoms with Gasteiger partial charge < -0.3 is 9.84 Å². The number of aryl methyl sites for hydroxylation is 1. The molecule has 166 valence electrons. The topological polar surface area (TPSA) is 83.8 Å². The molecule has 0 heterocycles. The molecule has 0 aromatic heterocycles. The molecule has 0 aliphatic carbocycles. The van der Waals surface area contributed by atoms with E-state index in [-0.39, 0.29) is 5.75 Å². The fourth-order valence-electron chi connectivity index (χ4n) is 3.55. The van der Waals surface area contributed by atoms with Gasteiger partial charge in [-0.15, -0.1) is 0 Å². The smallest absolute Gasteiger partial charge is 0.301 e. The van der Waals surface area contributed by atoms with Gasteiger partial charge >= 0.3 is 10.1 Å². The lowest BCUT2D eigenvalue weighted by atomic mass is 10.0. The minimum atomic E-state index is -4.60. The normalized spacial score (nSPS) is 11.5. The molecule has 0 aliphatic rings. The molecule has 0 bridgehead atoms. The van der Waals surface area contributed by atoms with Crippen LogP contribution in [0.3, 0.4) is 0 Å². The Balaban J connectivity index is 1.80. The molecule has 0 fully saturated rings. The van der Waals surface area contributed by atoms with Gasteiger partial charge in [-0.25, -0.2) is 0 Å². The molecule has 2 aromatic rings. The lowest BCUT2D eigenvalue weighted by Crippen LogP contribution is -2.01. The molecule has 2 rings (SSSR count). The second-order valence-corrected chi connectivity index (χ2v) is 9.12. The van der Waals surface area contributed by atoms with Crippen LogP contribution in [0.15, 0.2) is 47.4 Å². The minimum Gasteiger partial charge on any atom is -0.506 e. The summed E-state index contributed by atoms with van der Waals surface area (Å²) in [4.78, 5) is -0.620. The number of phenolic OH excluding ortho intramolecular Hbond substituents is 1. The summed E-state index contributed by atoms with van der Waals surface area (Å²) in [6, 6.07) is 11.5. The van der Waals surface area contributed by atoms with Gasteiger partial charge in [0.25, 0.3) is 0 Å². The predicted molar refractivity (Wildman–Crippen MR) is 120 cm³/mol. The van der Waals surface area contributed by atoms with Crippen molar-refractivity contribution in [3.63, 3.8) is 0 Å². The van der Waals surface area contributed by atoms with Gasteiger partial charge in [0, 0.05) is 0 Å². The molecule has 30 heavy (non-hydrogen) atoms. The average molecular weight is 435 g/mol. The Bertz CT molecular complexity index is 877. The number of benzene rings is 2. The van der Waals surface area contributed by atoms with E-state index in [0.717, 1.165) is 18.4 Å². The van der Waals surface area contributed by atoms with E-state index >= 15 is 0 Å². The third kappa shape index (κ3) is 8.36. The minimum absolute atomic E-state index is 0.103. The highest BCUT2D eigenvalue weighted by Gasteiger charge is 2.22. The van der Waals surface area contributed by atoms with Crippen LogP contribution >= 0.6 is 0 Å². The average Bonchev–Trinajstić information content (AvgIpc) is 2.69. The highest BCUT2D eigenvalue weighted by molar-refractivity contribution is 7.86. The summed E-state index contributed by atoms with van der Waals surface area (Å²) in [5.74, 6) is -0.180. The van der Waals surface area contributed by atoms with Gasteiger partial charge in [0.05, 0.1) is 0 Å². The summed E-state index contributed by atoms with van der Waals surface area (Å²) < 4.78 is 38.2. The van der Waals surface area contributed by atoms with E-state index < -0.39 is 20.8 Å². The van der Waals surface area contributed by atoms with E-state index in [0.29, 0.717) is 5.75 Å². The summed E-state index contributed by atoms with van der Waals surface area (Å²) in [5.41, 5.74) is 1.11. The largest absolute Gasteiger partial charge is 0.506 e. The van der Waals surface area contributed by atoms with Crippen LogP contribution < -0.4 is 4.74 Å². The zero-order valence-electron chi connectivity index (χ0n) is 17.8. The Labute approximate surface area is 180 Å². The fraction of sp³-hybridized carbons (Fsp3) is 0.500. The summed E-state index contributed by atoms with van der Waals surface area (Å²) in [6.45, 7) is 2.24. The molecular weight excluding hydrogens is 400 g/mol. The van der Waals surface area contributed by atoms with Crippen LogP contribution in [0.1, 0.15) is 76.7 Å². The maximum absolute atomic E-state index is 11.6. The van der Waals surface area contributed by atoms with Crippen LogP contribution in [0.2, 0.25) is 0 Å². The predicted octanol–water partition coefficient (Wildman–Crippen LogP) is 6.89. The Hall–Kier alpha value is -2.05. The Kier molecular flexibility index (Phi) is 10.2. The number of unbranched alkanes of at least 4 members (excludes halogenated alkanes) is 9. The van der Waals surface area contributed by atoms with Crippen molar-refractivity contribution in [1.29, 1.82) is 0 Å². The van der Waals surface area contributed by atoms with Crippen molar-refractivity contribution in [2.24, 2.45) is 0 Å². The lowest BCUT2D eigenvalue weighted by Gasteiger charge is -2.11. The van der Waals surface area contributed by atoms with E-state index in [4.69, 9.17) is 4.74 Å². The highest BCUT2D eigenvalue weighted by atomic mass is 32.2. The van der Waals surface area contributed by atoms with Crippen molar-refractivity contribution in [3.8, 4) is 17.2 Å². The molecule has 2 N–H and O–H groups in total. The molecule has 0 amide bonds. The van der Waals surface area contributed by atoms with Gasteiger partial charge in [-0.2, -0.15) is 8.42 Å². The molecule has 2 aromatic carbocycles. The van der Waals surface area contributed by atoms with Gasteiger partial charge in [0.15, 0.2) is 10.6 Å². The number of ether oxygens (including phenoxy) is 1. The Morgan fingerprint density at radius 2 is 1.43 bits per heavy atom. The second kappa shape index (κ2) is 12.6. The van der Waals surface area contributed by atoms with Crippen LogP contribution in [-0.4, -0.2) is 18.1 Å². The van der Waals surface area contributed by atoms with Gasteiger partial charge in [0.1, 0.15) is 11.5 Å². The maximum Gasteiger partial charge on any atom is 0.301 e. The molecular formula is C24H34O5S. The first-order chi connectivity index (χ1) is 14.4. The van der Waals surface area contributed by atoms with Crippen molar-refractivity contribution in [2.45, 2.75) is 82.4 Å². The quantitative estimate of drug-likeness (QED) is 0.250. The third-order valence-electron chi connectivity index (χ3n) is 5.16. The lowest BCUT2D eigenvalue weighted by molar-refractivity contribution is 0.415. The molecule has 5 nitrogen and oxygen atoms in total. The van der Waals surface area contributed by atoms with E-state index in [2.05, 4.69) is 6.92 Å². The van der Waals surface area contributed by atoms with Crippen LogP contribution in [-0.2, 0) is 16.5 Å². The Morgan fingerprint density at radius 1 is 0.833 bits per heavy atom. The van der Waals surface area contributed by atoms with E-state index in [1.807, 2.05) is 18.2 Å². The number of phenols is 1. The summed E-state index contributed by atoms with van der Waals surface area (Å²) in [7, 11) is -4.60. The van der Waals surface area contributed by atoms with Crippen molar-refractivity contribution in [2.75, 3.05) is 0 Å². The van der Waals surface area contributed by atoms with E-state index in [1.54, 1.807) is 6.07 Å². The van der Waals surface area contributed by atoms with Crippen LogP contribution in [0.4, 0.5) is 0 Å². The molecule has 0 aliphatic heterocycles. The standard InChI is InChI=1S/C24H34O5S/c1-2-3-4-5-6-7-8-9-10-11-14-20-15-12-16-21(19-20)29-23-18-13-17-22(25)24(23)30(26,27)28/h12-13,15-19,25H,2-11,14H2,1H3,(H,26,27,28). The van der Waals surface area contributed by atoms with E-state index in [1.165, 1.54) is 76.0 Å². The van der Waals surface area contributed by atoms with Gasteiger partial charge in [-0.3, -0.25) is 4.55 Å². The van der Waals surface area contributed by atoms with Gasteiger partial charge in [0.2, 0.25) is 0 Å². The van der Waals surface area contributed by atoms with Crippen LogP contribution in [0.25, 0.3) is 0 Å². The number of aromatic hydroxyl groups is 1. The Morgan fingerprint density at radius 3 is 2.07 bits per heavy atom. The highest BCUT2D eigenvalue weighted by Crippen LogP contribution is 2.35. The molecule has 0 spiro atoms. The molecule has 0 saturated carbocycles. The monoisotopic (exact) mass is 434 g/mol. The third-order valence-corrected chi connectivity index (χ3v) is 6.09. The fourth-order valence-corrected chi connectivity index (χ4v) is 4.25. The molecule has 0 atom stereocenters. The number of hydrogen-bond acceptors (Lipinski definition) is 4. The zero-order valence-corrected chi connectivity index (χ0v) is 18.7. The van der Waals surface area contributed by atoms with Crippen molar-refractivity contribution < 1.29 is 22.8 Å². The summed E-state index contributed by atoms with van der Waals surface area (Å²) >= 11 is 0. The van der Waals surface area contributed by atoms with Crippen molar-refractivity contribution in [3.05, 3.63) is 48.0 Å². The molecule has 0 saturated heterocycles. The first kappa shape index (κ1) is 24.2. The van der Waals surface area contributed by atoms with Crippen LogP contribution in [0.5, 0.6) is 17.2 Å². The summed E-state index contributed by atoms with van der Waals surface area (Å²) in [6.07, 6.45) is 13.8. The second-order valence-electron chi connectivity index (χ2n) is 7.76. The van der Waals surface area contributed by atoms with E-state index in [9.17, 15) is 18.1 Å². The number of rotatable bonds is 14. The van der Waals surface area contributed by atoms with Crippen LogP contribution in [0, 0.1) is 0 Å². The first-order valence-corrected chi connectivity index (χ1v) is 12.4.